The summed E-state index contributed by atoms with van der Waals surface area (Å²) in [6.07, 6.45) is 0.0530. The van der Waals surface area contributed by atoms with Crippen LogP contribution in [0.5, 0.6) is 0 Å². The molecule has 1 fully saturated rings. The van der Waals surface area contributed by atoms with Gasteiger partial charge in [-0.05, 0) is 0 Å². The first-order valence-corrected chi connectivity index (χ1v) is 4.71. The van der Waals surface area contributed by atoms with E-state index in [1.165, 1.54) is 0 Å². The van der Waals surface area contributed by atoms with Crippen LogP contribution in [-0.2, 0) is 4.79 Å². The maximum atomic E-state index is 12.0. The molecule has 1 aliphatic carbocycles. The standard InChI is InChI=1S/C5H7F2NO.2C2H6/c6-5(7)1-4(2-5)8-3-9;2*1-2/h3-4H,1-2H2,(H,8,9);2*1-2H3. The van der Waals surface area contributed by atoms with Crippen molar-refractivity contribution in [3.63, 3.8) is 0 Å². The lowest BCUT2D eigenvalue weighted by atomic mass is 9.88. The monoisotopic (exact) mass is 195 g/mol. The van der Waals surface area contributed by atoms with Gasteiger partial charge in [0.05, 0.1) is 0 Å². The summed E-state index contributed by atoms with van der Waals surface area (Å²) in [7, 11) is 0. The molecule has 0 spiro atoms. The molecule has 0 aliphatic heterocycles. The number of carbonyl (C=O) groups is 1. The lowest BCUT2D eigenvalue weighted by molar-refractivity contribution is -0.118. The van der Waals surface area contributed by atoms with Crippen molar-refractivity contribution in [3.05, 3.63) is 0 Å². The first-order chi connectivity index (χ1) is 6.14. The van der Waals surface area contributed by atoms with Crippen molar-refractivity contribution in [3.8, 4) is 0 Å². The Hall–Kier alpha value is -0.670. The van der Waals surface area contributed by atoms with E-state index < -0.39 is 5.92 Å². The summed E-state index contributed by atoms with van der Waals surface area (Å²) < 4.78 is 23.9. The van der Waals surface area contributed by atoms with Gasteiger partial charge in [0.25, 0.3) is 5.92 Å². The van der Waals surface area contributed by atoms with Gasteiger partial charge in [0, 0.05) is 18.9 Å². The van der Waals surface area contributed by atoms with Gasteiger partial charge in [-0.3, -0.25) is 4.79 Å². The fourth-order valence-corrected chi connectivity index (χ4v) is 0.875. The Morgan fingerprint density at radius 3 is 1.85 bits per heavy atom. The predicted octanol–water partition coefficient (Wildman–Crippen LogP) is 2.58. The zero-order valence-electron chi connectivity index (χ0n) is 8.73. The second-order valence-corrected chi connectivity index (χ2v) is 2.25. The Kier molecular flexibility index (Phi) is 9.07. The molecule has 0 radical (unpaired) electrons. The van der Waals surface area contributed by atoms with Crippen molar-refractivity contribution in [2.24, 2.45) is 0 Å². The fraction of sp³-hybridized carbons (Fsp3) is 0.889. The minimum absolute atomic E-state index is 0.203. The van der Waals surface area contributed by atoms with Gasteiger partial charge in [-0.2, -0.15) is 0 Å². The number of halogens is 2. The molecule has 13 heavy (non-hydrogen) atoms. The van der Waals surface area contributed by atoms with E-state index in [2.05, 4.69) is 5.32 Å². The first-order valence-electron chi connectivity index (χ1n) is 4.71. The molecule has 1 saturated carbocycles. The van der Waals surface area contributed by atoms with Crippen molar-refractivity contribution in [1.82, 2.24) is 5.32 Å². The third-order valence-electron chi connectivity index (χ3n) is 1.39. The van der Waals surface area contributed by atoms with Crippen LogP contribution in [0.1, 0.15) is 40.5 Å². The quantitative estimate of drug-likeness (QED) is 0.674. The molecule has 0 aromatic rings. The second-order valence-electron chi connectivity index (χ2n) is 2.25. The third-order valence-corrected chi connectivity index (χ3v) is 1.39. The minimum atomic E-state index is -2.53. The lowest BCUT2D eigenvalue weighted by Crippen LogP contribution is -2.47. The Bertz CT molecular complexity index is 121. The highest BCUT2D eigenvalue weighted by atomic mass is 19.3. The zero-order valence-corrected chi connectivity index (χ0v) is 8.73. The van der Waals surface area contributed by atoms with Crippen molar-refractivity contribution >= 4 is 6.41 Å². The summed E-state index contributed by atoms with van der Waals surface area (Å²) in [6, 6.07) is -0.294. The Morgan fingerprint density at radius 1 is 1.23 bits per heavy atom. The van der Waals surface area contributed by atoms with Crippen molar-refractivity contribution < 1.29 is 13.6 Å². The lowest BCUT2D eigenvalue weighted by Gasteiger charge is -2.34. The second kappa shape index (κ2) is 7.95. The maximum absolute atomic E-state index is 12.0. The number of hydrogen-bond acceptors (Lipinski definition) is 1. The normalized spacial score (nSPS) is 18.0. The molecule has 2 nitrogen and oxygen atoms in total. The van der Waals surface area contributed by atoms with Gasteiger partial charge >= 0.3 is 0 Å². The first kappa shape index (κ1) is 14.8. The topological polar surface area (TPSA) is 29.1 Å². The molecule has 0 bridgehead atoms. The van der Waals surface area contributed by atoms with Gasteiger partial charge in [0.1, 0.15) is 0 Å². The summed E-state index contributed by atoms with van der Waals surface area (Å²) in [5.74, 6) is -2.53. The van der Waals surface area contributed by atoms with Crippen LogP contribution < -0.4 is 5.32 Å². The molecule has 1 aliphatic rings. The minimum Gasteiger partial charge on any atom is -0.355 e. The SMILES string of the molecule is CC.CC.O=CNC1CC(F)(F)C1. The number of alkyl halides is 2. The van der Waals surface area contributed by atoms with Crippen LogP contribution in [0.25, 0.3) is 0 Å². The zero-order chi connectivity index (χ0) is 10.9. The molecule has 0 unspecified atom stereocenters. The van der Waals surface area contributed by atoms with E-state index in [0.717, 1.165) is 0 Å². The highest BCUT2D eigenvalue weighted by molar-refractivity contribution is 5.47. The molecule has 80 valence electrons. The van der Waals surface area contributed by atoms with Crippen LogP contribution >= 0.6 is 0 Å². The number of hydrogen-bond donors (Lipinski definition) is 1. The van der Waals surface area contributed by atoms with Crippen molar-refractivity contribution in [1.29, 1.82) is 0 Å². The van der Waals surface area contributed by atoms with Crippen LogP contribution in [0.4, 0.5) is 8.78 Å². The van der Waals surface area contributed by atoms with Crippen molar-refractivity contribution in [2.75, 3.05) is 0 Å². The van der Waals surface area contributed by atoms with E-state index in [-0.39, 0.29) is 18.9 Å². The van der Waals surface area contributed by atoms with Crippen LogP contribution in [0.3, 0.4) is 0 Å². The van der Waals surface area contributed by atoms with E-state index in [1.807, 2.05) is 27.7 Å². The molecule has 0 saturated heterocycles. The van der Waals surface area contributed by atoms with Crippen LogP contribution in [0.2, 0.25) is 0 Å². The summed E-state index contributed by atoms with van der Waals surface area (Å²) >= 11 is 0. The van der Waals surface area contributed by atoms with Gasteiger partial charge in [-0.25, -0.2) is 8.78 Å². The van der Waals surface area contributed by atoms with E-state index in [4.69, 9.17) is 0 Å². The molecular formula is C9H19F2NO. The Morgan fingerprint density at radius 2 is 1.62 bits per heavy atom. The van der Waals surface area contributed by atoms with Gasteiger partial charge in [-0.15, -0.1) is 0 Å². The molecular weight excluding hydrogens is 176 g/mol. The summed E-state index contributed by atoms with van der Waals surface area (Å²) in [5.41, 5.74) is 0. The van der Waals surface area contributed by atoms with Gasteiger partial charge in [0.15, 0.2) is 0 Å². The fourth-order valence-electron chi connectivity index (χ4n) is 0.875. The van der Waals surface area contributed by atoms with Crippen LogP contribution in [0.15, 0.2) is 0 Å². The third kappa shape index (κ3) is 6.49. The largest absolute Gasteiger partial charge is 0.355 e. The van der Waals surface area contributed by atoms with E-state index >= 15 is 0 Å². The predicted molar refractivity (Wildman–Crippen MR) is 49.9 cm³/mol. The molecule has 0 atom stereocenters. The molecule has 1 N–H and O–H groups in total. The van der Waals surface area contributed by atoms with E-state index in [1.54, 1.807) is 0 Å². The average molecular weight is 195 g/mol. The van der Waals surface area contributed by atoms with E-state index in [9.17, 15) is 13.6 Å². The number of amides is 1. The molecule has 4 heteroatoms. The molecule has 0 heterocycles. The molecule has 0 aromatic heterocycles. The molecule has 1 amide bonds. The van der Waals surface area contributed by atoms with Crippen LogP contribution in [-0.4, -0.2) is 18.4 Å². The molecule has 1 rings (SSSR count). The number of rotatable bonds is 2. The van der Waals surface area contributed by atoms with Crippen molar-refractivity contribution in [2.45, 2.75) is 52.5 Å². The summed E-state index contributed by atoms with van der Waals surface area (Å²) in [5, 5.41) is 2.28. The molecule has 0 aromatic carbocycles. The average Bonchev–Trinajstić information content (AvgIpc) is 2.09. The number of nitrogens with one attached hydrogen (secondary N) is 1. The Labute approximate surface area is 78.7 Å². The maximum Gasteiger partial charge on any atom is 0.252 e. The van der Waals surface area contributed by atoms with E-state index in [0.29, 0.717) is 6.41 Å². The van der Waals surface area contributed by atoms with Gasteiger partial charge in [0.2, 0.25) is 6.41 Å². The highest BCUT2D eigenvalue weighted by Gasteiger charge is 2.44. The Balaban J connectivity index is 0. The summed E-state index contributed by atoms with van der Waals surface area (Å²) in [6.45, 7) is 8.00. The highest BCUT2D eigenvalue weighted by Crippen LogP contribution is 2.36. The van der Waals surface area contributed by atoms with Gasteiger partial charge < -0.3 is 5.32 Å². The summed E-state index contributed by atoms with van der Waals surface area (Å²) in [4.78, 5) is 9.66. The smallest absolute Gasteiger partial charge is 0.252 e. The van der Waals surface area contributed by atoms with Crippen LogP contribution in [0, 0.1) is 0 Å². The number of carbonyl (C=O) groups excluding carboxylic acids is 1. The van der Waals surface area contributed by atoms with Gasteiger partial charge in [-0.1, -0.05) is 27.7 Å².